The fraction of sp³-hybridized carbons (Fsp3) is 0.571. The van der Waals surface area contributed by atoms with Crippen molar-refractivity contribution in [2.75, 3.05) is 11.9 Å². The van der Waals surface area contributed by atoms with Crippen molar-refractivity contribution in [2.45, 2.75) is 44.7 Å². The number of hydrogen-bond acceptors (Lipinski definition) is 5. The lowest BCUT2D eigenvalue weighted by molar-refractivity contribution is -0.385. The third-order valence-corrected chi connectivity index (χ3v) is 3.60. The Bertz CT molecular complexity index is 471. The number of ether oxygens (including phenoxy) is 1. The van der Waals surface area contributed by atoms with Gasteiger partial charge in [-0.1, -0.05) is 0 Å². The first-order valence-electron chi connectivity index (χ1n) is 7.03. The molecule has 1 aromatic rings. The maximum Gasteiger partial charge on any atom is 0.311 e. The van der Waals surface area contributed by atoms with Gasteiger partial charge in [-0.25, -0.2) is 0 Å². The number of nitro groups is 1. The second-order valence-electron chi connectivity index (χ2n) is 5.13. The fourth-order valence-corrected chi connectivity index (χ4v) is 2.53. The zero-order chi connectivity index (χ0) is 14.5. The zero-order valence-electron chi connectivity index (χ0n) is 11.7. The van der Waals surface area contributed by atoms with Crippen molar-refractivity contribution in [3.63, 3.8) is 0 Å². The Morgan fingerprint density at radius 2 is 2.10 bits per heavy atom. The van der Waals surface area contributed by atoms with Gasteiger partial charge in [0.15, 0.2) is 5.75 Å². The summed E-state index contributed by atoms with van der Waals surface area (Å²) in [5, 5.41) is 14.3. The molecule has 0 saturated heterocycles. The van der Waals surface area contributed by atoms with Crippen LogP contribution in [0.15, 0.2) is 18.2 Å². The Balaban J connectivity index is 2.08. The van der Waals surface area contributed by atoms with Crippen LogP contribution in [0.4, 0.5) is 11.4 Å². The highest BCUT2D eigenvalue weighted by Gasteiger charge is 2.20. The Kier molecular flexibility index (Phi) is 4.79. The highest BCUT2D eigenvalue weighted by molar-refractivity contribution is 5.58. The zero-order valence-corrected chi connectivity index (χ0v) is 11.7. The average molecular weight is 279 g/mol. The summed E-state index contributed by atoms with van der Waals surface area (Å²) >= 11 is 0. The van der Waals surface area contributed by atoms with Crippen LogP contribution in [0.3, 0.4) is 0 Å². The summed E-state index contributed by atoms with van der Waals surface area (Å²) in [6.07, 6.45) is 4.09. The highest BCUT2D eigenvalue weighted by atomic mass is 16.6. The lowest BCUT2D eigenvalue weighted by atomic mass is 9.91. The van der Waals surface area contributed by atoms with Crippen molar-refractivity contribution >= 4 is 11.4 Å². The predicted octanol–water partition coefficient (Wildman–Crippen LogP) is 2.68. The Hall–Kier alpha value is -1.82. The second kappa shape index (κ2) is 6.56. The van der Waals surface area contributed by atoms with Crippen LogP contribution in [0.2, 0.25) is 0 Å². The molecule has 0 aromatic heterocycles. The molecular weight excluding hydrogens is 258 g/mol. The van der Waals surface area contributed by atoms with Gasteiger partial charge in [0.25, 0.3) is 0 Å². The van der Waals surface area contributed by atoms with E-state index in [-0.39, 0.29) is 5.69 Å². The molecule has 2 rings (SSSR count). The number of rotatable bonds is 5. The van der Waals surface area contributed by atoms with Crippen LogP contribution < -0.4 is 15.8 Å². The summed E-state index contributed by atoms with van der Waals surface area (Å²) in [6.45, 7) is 2.22. The normalized spacial score (nSPS) is 22.3. The van der Waals surface area contributed by atoms with Gasteiger partial charge in [-0.15, -0.1) is 0 Å². The largest absolute Gasteiger partial charge is 0.487 e. The van der Waals surface area contributed by atoms with Crippen molar-refractivity contribution in [1.82, 2.24) is 0 Å². The molecule has 0 amide bonds. The molecule has 1 fully saturated rings. The van der Waals surface area contributed by atoms with Gasteiger partial charge < -0.3 is 15.8 Å². The topological polar surface area (TPSA) is 90.4 Å². The molecular formula is C14H21N3O3. The molecule has 0 atom stereocenters. The number of nitrogens with two attached hydrogens (primary N) is 1. The van der Waals surface area contributed by atoms with Crippen LogP contribution in [0.25, 0.3) is 0 Å². The molecule has 1 aliphatic rings. The van der Waals surface area contributed by atoms with E-state index in [0.29, 0.717) is 24.4 Å². The summed E-state index contributed by atoms with van der Waals surface area (Å²) in [7, 11) is 0. The van der Waals surface area contributed by atoms with Crippen molar-refractivity contribution < 1.29 is 9.66 Å². The van der Waals surface area contributed by atoms with Crippen LogP contribution in [0.5, 0.6) is 5.75 Å². The molecule has 3 N–H and O–H groups in total. The second-order valence-corrected chi connectivity index (χ2v) is 5.13. The predicted molar refractivity (Wildman–Crippen MR) is 78.1 cm³/mol. The third kappa shape index (κ3) is 3.60. The number of nitro benzene ring substituents is 1. The van der Waals surface area contributed by atoms with Crippen molar-refractivity contribution in [3.05, 3.63) is 28.3 Å². The van der Waals surface area contributed by atoms with Gasteiger partial charge in [0.05, 0.1) is 11.5 Å². The molecule has 0 unspecified atom stereocenters. The molecule has 1 aliphatic carbocycles. The molecule has 110 valence electrons. The number of nitrogens with zero attached hydrogens (tertiary/aromatic N) is 1. The molecule has 6 heteroatoms. The SMILES string of the molecule is CCOc1cc(NC2CCC(N)CC2)ccc1[N+](=O)[O-]. The summed E-state index contributed by atoms with van der Waals surface area (Å²) < 4.78 is 5.34. The van der Waals surface area contributed by atoms with E-state index in [9.17, 15) is 10.1 Å². The first-order valence-corrected chi connectivity index (χ1v) is 7.03. The third-order valence-electron chi connectivity index (χ3n) is 3.60. The molecule has 0 heterocycles. The number of hydrogen-bond donors (Lipinski definition) is 2. The van der Waals surface area contributed by atoms with Crippen molar-refractivity contribution in [3.8, 4) is 5.75 Å². The molecule has 0 radical (unpaired) electrons. The molecule has 0 spiro atoms. The van der Waals surface area contributed by atoms with Gasteiger partial charge in [0.1, 0.15) is 0 Å². The Labute approximate surface area is 118 Å². The molecule has 0 bridgehead atoms. The average Bonchev–Trinajstić information content (AvgIpc) is 2.42. The standard InChI is InChI=1S/C14H21N3O3/c1-2-20-14-9-12(7-8-13(14)17(18)19)16-11-5-3-10(15)4-6-11/h7-11,16H,2-6,15H2,1H3. The van der Waals surface area contributed by atoms with E-state index in [1.54, 1.807) is 12.1 Å². The van der Waals surface area contributed by atoms with E-state index in [2.05, 4.69) is 5.32 Å². The number of anilines is 1. The van der Waals surface area contributed by atoms with Crippen LogP contribution in [0, 0.1) is 10.1 Å². The van der Waals surface area contributed by atoms with Crippen LogP contribution >= 0.6 is 0 Å². The number of nitrogens with one attached hydrogen (secondary N) is 1. The van der Waals surface area contributed by atoms with E-state index >= 15 is 0 Å². The van der Waals surface area contributed by atoms with Gasteiger partial charge in [0.2, 0.25) is 0 Å². The minimum Gasteiger partial charge on any atom is -0.487 e. The van der Waals surface area contributed by atoms with Gasteiger partial charge in [-0.3, -0.25) is 10.1 Å². The van der Waals surface area contributed by atoms with E-state index < -0.39 is 4.92 Å². The molecule has 6 nitrogen and oxygen atoms in total. The van der Waals surface area contributed by atoms with Crippen molar-refractivity contribution in [1.29, 1.82) is 0 Å². The summed E-state index contributed by atoms with van der Waals surface area (Å²) in [5.41, 5.74) is 6.75. The lowest BCUT2D eigenvalue weighted by Gasteiger charge is -2.27. The van der Waals surface area contributed by atoms with Gasteiger partial charge in [0, 0.05) is 29.9 Å². The first kappa shape index (κ1) is 14.6. The Morgan fingerprint density at radius 1 is 1.40 bits per heavy atom. The fourth-order valence-electron chi connectivity index (χ4n) is 2.53. The minimum absolute atomic E-state index is 0.00284. The maximum absolute atomic E-state index is 10.9. The molecule has 0 aliphatic heterocycles. The highest BCUT2D eigenvalue weighted by Crippen LogP contribution is 2.31. The summed E-state index contributed by atoms with van der Waals surface area (Å²) in [5.74, 6) is 0.315. The van der Waals surface area contributed by atoms with Gasteiger partial charge in [-0.2, -0.15) is 0 Å². The first-order chi connectivity index (χ1) is 9.60. The van der Waals surface area contributed by atoms with Crippen LogP contribution in [-0.2, 0) is 0 Å². The van der Waals surface area contributed by atoms with Crippen LogP contribution in [-0.4, -0.2) is 23.6 Å². The smallest absolute Gasteiger partial charge is 0.311 e. The van der Waals surface area contributed by atoms with Gasteiger partial charge in [-0.05, 0) is 38.7 Å². The van der Waals surface area contributed by atoms with Crippen LogP contribution in [0.1, 0.15) is 32.6 Å². The Morgan fingerprint density at radius 3 is 2.70 bits per heavy atom. The van der Waals surface area contributed by atoms with E-state index in [4.69, 9.17) is 10.5 Å². The molecule has 1 saturated carbocycles. The quantitative estimate of drug-likeness (QED) is 0.638. The van der Waals surface area contributed by atoms with Gasteiger partial charge >= 0.3 is 5.69 Å². The van der Waals surface area contributed by atoms with E-state index in [0.717, 1.165) is 31.4 Å². The maximum atomic E-state index is 10.9. The number of benzene rings is 1. The minimum atomic E-state index is -0.422. The van der Waals surface area contributed by atoms with E-state index in [1.165, 1.54) is 6.07 Å². The lowest BCUT2D eigenvalue weighted by Crippen LogP contribution is -2.32. The summed E-state index contributed by atoms with van der Waals surface area (Å²) in [4.78, 5) is 10.5. The molecule has 1 aromatic carbocycles. The van der Waals surface area contributed by atoms with Crippen molar-refractivity contribution in [2.24, 2.45) is 5.73 Å². The molecule has 20 heavy (non-hydrogen) atoms. The monoisotopic (exact) mass is 279 g/mol. The van der Waals surface area contributed by atoms with E-state index in [1.807, 2.05) is 6.92 Å². The summed E-state index contributed by atoms with van der Waals surface area (Å²) in [6, 6.07) is 5.61.